The van der Waals surface area contributed by atoms with Crippen molar-refractivity contribution in [1.29, 1.82) is 0 Å². The van der Waals surface area contributed by atoms with Crippen LogP contribution in [0.1, 0.15) is 61.4 Å². The van der Waals surface area contributed by atoms with Gasteiger partial charge in [-0.1, -0.05) is 32.9 Å². The lowest BCUT2D eigenvalue weighted by Gasteiger charge is -2.27. The molecule has 228 valence electrons. The van der Waals surface area contributed by atoms with Gasteiger partial charge in [-0.15, -0.1) is 0 Å². The summed E-state index contributed by atoms with van der Waals surface area (Å²) < 4.78 is 46.1. The molecule has 0 spiro atoms. The van der Waals surface area contributed by atoms with Gasteiger partial charge < -0.3 is 24.6 Å². The molecule has 3 atom stereocenters. The van der Waals surface area contributed by atoms with Gasteiger partial charge in [0.05, 0.1) is 19.1 Å². The zero-order valence-electron chi connectivity index (χ0n) is 24.5. The van der Waals surface area contributed by atoms with E-state index in [0.29, 0.717) is 53.3 Å². The summed E-state index contributed by atoms with van der Waals surface area (Å²) in [6, 6.07) is 11.9. The van der Waals surface area contributed by atoms with E-state index in [1.165, 1.54) is 24.3 Å². The molecule has 0 aromatic heterocycles. The monoisotopic (exact) mass is 594 g/mol. The molecule has 1 saturated heterocycles. The average molecular weight is 595 g/mol. The Bertz CT molecular complexity index is 1470. The number of amides is 1. The molecule has 1 fully saturated rings. The molecular formula is C33H36F2N2O6. The molecule has 3 aromatic carbocycles. The number of aryl methyl sites for hydroxylation is 2. The SMILES string of the molecule is CCCOc1ccc([C@H]2C(C(=O)O)[C@@H](c3cc4c(cc3F)OCO4)CN2CC(=O)Nc2c(CC)cc(F)cc2CC)cc1. The number of carboxylic acids is 1. The maximum Gasteiger partial charge on any atom is 0.309 e. The highest BCUT2D eigenvalue weighted by atomic mass is 19.1. The Hall–Kier alpha value is -4.18. The molecule has 5 rings (SSSR count). The summed E-state index contributed by atoms with van der Waals surface area (Å²) in [5, 5.41) is 13.5. The molecule has 1 amide bonds. The first-order valence-corrected chi connectivity index (χ1v) is 14.6. The second-order valence-corrected chi connectivity index (χ2v) is 10.8. The van der Waals surface area contributed by atoms with E-state index < -0.39 is 29.7 Å². The van der Waals surface area contributed by atoms with Crippen LogP contribution in [0.25, 0.3) is 0 Å². The van der Waals surface area contributed by atoms with E-state index in [1.807, 2.05) is 20.8 Å². The van der Waals surface area contributed by atoms with Crippen LogP contribution in [-0.4, -0.2) is 48.4 Å². The van der Waals surface area contributed by atoms with Crippen LogP contribution in [0, 0.1) is 17.6 Å². The molecule has 2 N–H and O–H groups in total. The Kier molecular flexibility index (Phi) is 9.15. The first-order chi connectivity index (χ1) is 20.7. The van der Waals surface area contributed by atoms with Gasteiger partial charge >= 0.3 is 5.97 Å². The molecule has 43 heavy (non-hydrogen) atoms. The molecule has 1 unspecified atom stereocenters. The first kappa shape index (κ1) is 30.3. The van der Waals surface area contributed by atoms with Crippen LogP contribution in [-0.2, 0) is 22.4 Å². The molecule has 0 saturated carbocycles. The Morgan fingerprint density at radius 3 is 2.26 bits per heavy atom. The van der Waals surface area contributed by atoms with Crippen LogP contribution < -0.4 is 19.5 Å². The zero-order valence-corrected chi connectivity index (χ0v) is 24.5. The van der Waals surface area contributed by atoms with Gasteiger partial charge in [0.1, 0.15) is 17.4 Å². The smallest absolute Gasteiger partial charge is 0.309 e. The lowest BCUT2D eigenvalue weighted by Crippen LogP contribution is -2.35. The highest BCUT2D eigenvalue weighted by Crippen LogP contribution is 2.48. The van der Waals surface area contributed by atoms with Crippen molar-refractivity contribution >= 4 is 17.6 Å². The third kappa shape index (κ3) is 6.29. The number of ether oxygens (including phenoxy) is 3. The number of halogens is 2. The topological polar surface area (TPSA) is 97.3 Å². The minimum absolute atomic E-state index is 0.0461. The Morgan fingerprint density at radius 2 is 1.65 bits per heavy atom. The number of carbonyl (C=O) groups is 2. The highest BCUT2D eigenvalue weighted by molar-refractivity contribution is 5.94. The Balaban J connectivity index is 1.50. The van der Waals surface area contributed by atoms with Gasteiger partial charge in [0.2, 0.25) is 12.7 Å². The fourth-order valence-corrected chi connectivity index (χ4v) is 6.11. The number of fused-ring (bicyclic) bond motifs is 1. The number of hydrogen-bond donors (Lipinski definition) is 2. The number of aliphatic carboxylic acids is 1. The second-order valence-electron chi connectivity index (χ2n) is 10.8. The van der Waals surface area contributed by atoms with Crippen molar-refractivity contribution in [3.05, 3.63) is 82.4 Å². The average Bonchev–Trinajstić information content (AvgIpc) is 3.60. The maximum atomic E-state index is 15.4. The predicted octanol–water partition coefficient (Wildman–Crippen LogP) is 6.09. The van der Waals surface area contributed by atoms with Gasteiger partial charge in [0.25, 0.3) is 0 Å². The van der Waals surface area contributed by atoms with E-state index in [2.05, 4.69) is 5.32 Å². The summed E-state index contributed by atoms with van der Waals surface area (Å²) >= 11 is 0. The number of rotatable bonds is 11. The maximum absolute atomic E-state index is 15.4. The summed E-state index contributed by atoms with van der Waals surface area (Å²) in [6.45, 7) is 6.21. The number of benzene rings is 3. The second kappa shape index (κ2) is 13.0. The van der Waals surface area contributed by atoms with E-state index in [4.69, 9.17) is 14.2 Å². The third-order valence-corrected chi connectivity index (χ3v) is 8.11. The summed E-state index contributed by atoms with van der Waals surface area (Å²) in [4.78, 5) is 28.2. The van der Waals surface area contributed by atoms with Crippen molar-refractivity contribution in [2.45, 2.75) is 52.0 Å². The molecular weight excluding hydrogens is 558 g/mol. The summed E-state index contributed by atoms with van der Waals surface area (Å²) in [5.41, 5.74) is 2.77. The summed E-state index contributed by atoms with van der Waals surface area (Å²) in [6.07, 6.45) is 1.88. The van der Waals surface area contributed by atoms with Gasteiger partial charge in [-0.05, 0) is 71.8 Å². The standard InChI is InChI=1S/C33H36F2N2O6/c1-4-11-41-23-9-7-21(8-10-23)32-30(33(39)40)25(24-14-27-28(15-26(24)35)43-18-42-27)16-37(32)17-29(38)36-31-19(5-2)12-22(34)13-20(31)6-3/h7-10,12-15,25,30,32H,4-6,11,16-18H2,1-3H3,(H,36,38)(H,39,40)/t25-,30?,32+/m1/s1. The van der Waals surface area contributed by atoms with Gasteiger partial charge in [0.15, 0.2) is 11.5 Å². The van der Waals surface area contributed by atoms with Crippen molar-refractivity contribution in [1.82, 2.24) is 4.90 Å². The van der Waals surface area contributed by atoms with Crippen LogP contribution in [0.2, 0.25) is 0 Å². The normalized spacial score (nSPS) is 19.4. The van der Waals surface area contributed by atoms with Crippen LogP contribution >= 0.6 is 0 Å². The summed E-state index contributed by atoms with van der Waals surface area (Å²) in [5.74, 6) is -3.05. The predicted molar refractivity (Wildman–Crippen MR) is 157 cm³/mol. The molecule has 8 nitrogen and oxygen atoms in total. The molecule has 2 heterocycles. The van der Waals surface area contributed by atoms with Crippen molar-refractivity contribution < 1.29 is 37.7 Å². The van der Waals surface area contributed by atoms with Gasteiger partial charge in [0, 0.05) is 30.3 Å². The molecule has 0 radical (unpaired) electrons. The fraction of sp³-hybridized carbons (Fsp3) is 0.394. The zero-order chi connectivity index (χ0) is 30.7. The number of likely N-dealkylation sites (tertiary alicyclic amines) is 1. The van der Waals surface area contributed by atoms with Crippen LogP contribution in [0.5, 0.6) is 17.2 Å². The van der Waals surface area contributed by atoms with Gasteiger partial charge in [-0.3, -0.25) is 14.5 Å². The van der Waals surface area contributed by atoms with Crippen molar-refractivity contribution in [2.24, 2.45) is 5.92 Å². The Morgan fingerprint density at radius 1 is 1.00 bits per heavy atom. The van der Waals surface area contributed by atoms with E-state index in [0.717, 1.165) is 6.42 Å². The summed E-state index contributed by atoms with van der Waals surface area (Å²) in [7, 11) is 0. The third-order valence-electron chi connectivity index (χ3n) is 8.11. The molecule has 0 aliphatic carbocycles. The van der Waals surface area contributed by atoms with Gasteiger partial charge in [-0.25, -0.2) is 8.78 Å². The lowest BCUT2D eigenvalue weighted by atomic mass is 9.82. The molecule has 2 aliphatic rings. The van der Waals surface area contributed by atoms with Crippen LogP contribution in [0.4, 0.5) is 14.5 Å². The van der Waals surface area contributed by atoms with E-state index >= 15 is 4.39 Å². The van der Waals surface area contributed by atoms with Crippen molar-refractivity contribution in [2.75, 3.05) is 31.8 Å². The minimum atomic E-state index is -1.11. The number of carboxylic acid groups (broad SMARTS) is 1. The van der Waals surface area contributed by atoms with Crippen LogP contribution in [0.3, 0.4) is 0 Å². The van der Waals surface area contributed by atoms with Crippen molar-refractivity contribution in [3.8, 4) is 17.2 Å². The number of carbonyl (C=O) groups excluding carboxylic acids is 1. The molecule has 2 aliphatic heterocycles. The largest absolute Gasteiger partial charge is 0.494 e. The van der Waals surface area contributed by atoms with E-state index in [1.54, 1.807) is 29.2 Å². The number of nitrogens with zero attached hydrogens (tertiary/aromatic N) is 1. The minimum Gasteiger partial charge on any atom is -0.494 e. The molecule has 3 aromatic rings. The van der Waals surface area contributed by atoms with Crippen LogP contribution in [0.15, 0.2) is 48.5 Å². The Labute approximate surface area is 249 Å². The lowest BCUT2D eigenvalue weighted by molar-refractivity contribution is -0.143. The van der Waals surface area contributed by atoms with Gasteiger partial charge in [-0.2, -0.15) is 0 Å². The molecule has 10 heteroatoms. The number of nitrogens with one attached hydrogen (secondary N) is 1. The van der Waals surface area contributed by atoms with E-state index in [9.17, 15) is 19.1 Å². The van der Waals surface area contributed by atoms with E-state index in [-0.39, 0.29) is 42.9 Å². The fourth-order valence-electron chi connectivity index (χ4n) is 6.11. The quantitative estimate of drug-likeness (QED) is 0.277. The van der Waals surface area contributed by atoms with Crippen molar-refractivity contribution in [3.63, 3.8) is 0 Å². The highest BCUT2D eigenvalue weighted by Gasteiger charge is 2.49. The first-order valence-electron chi connectivity index (χ1n) is 14.6. The number of hydrogen-bond acceptors (Lipinski definition) is 6. The molecule has 0 bridgehead atoms. The number of anilines is 1.